The van der Waals surface area contributed by atoms with Crippen LogP contribution in [-0.2, 0) is 0 Å². The lowest BCUT2D eigenvalue weighted by atomic mass is 9.87. The van der Waals surface area contributed by atoms with Crippen LogP contribution in [0.3, 0.4) is 0 Å². The Bertz CT molecular complexity index is 219. The van der Waals surface area contributed by atoms with Gasteiger partial charge in [0.05, 0.1) is 5.54 Å². The van der Waals surface area contributed by atoms with E-state index in [1.807, 2.05) is 45.9 Å². The molecule has 0 saturated carbocycles. The molecular formula is C11H19N. The molecule has 0 aromatic rings. The molecular weight excluding hydrogens is 146 g/mol. The highest BCUT2D eigenvalue weighted by Gasteiger charge is 2.20. The molecule has 0 radical (unpaired) electrons. The molecule has 0 aromatic heterocycles. The Kier molecular flexibility index (Phi) is 3.98. The normalized spacial score (nSPS) is 17.9. The maximum atomic E-state index is 6.04. The SMILES string of the molecule is C=C(C)C(C)(N)/C(C)=C/C=C/C. The third-order valence-electron chi connectivity index (χ3n) is 2.24. The van der Waals surface area contributed by atoms with E-state index < -0.39 is 0 Å². The molecule has 0 bridgehead atoms. The molecule has 0 spiro atoms. The van der Waals surface area contributed by atoms with Crippen LogP contribution in [0.1, 0.15) is 27.7 Å². The summed E-state index contributed by atoms with van der Waals surface area (Å²) in [6.07, 6.45) is 6.00. The van der Waals surface area contributed by atoms with Gasteiger partial charge in [0.2, 0.25) is 0 Å². The van der Waals surface area contributed by atoms with Crippen molar-refractivity contribution in [2.24, 2.45) is 5.73 Å². The first-order valence-electron chi connectivity index (χ1n) is 4.17. The summed E-state index contributed by atoms with van der Waals surface area (Å²) in [5.41, 5.74) is 7.79. The van der Waals surface area contributed by atoms with Crippen LogP contribution >= 0.6 is 0 Å². The number of nitrogens with two attached hydrogens (primary N) is 1. The summed E-state index contributed by atoms with van der Waals surface area (Å²) in [7, 11) is 0. The van der Waals surface area contributed by atoms with Gasteiger partial charge in [-0.25, -0.2) is 0 Å². The Balaban J connectivity index is 4.67. The molecule has 68 valence electrons. The Hall–Kier alpha value is -0.820. The summed E-state index contributed by atoms with van der Waals surface area (Å²) in [6.45, 7) is 11.8. The highest BCUT2D eigenvalue weighted by Crippen LogP contribution is 2.20. The van der Waals surface area contributed by atoms with Gasteiger partial charge in [0.1, 0.15) is 0 Å². The van der Waals surface area contributed by atoms with E-state index in [0.717, 1.165) is 11.1 Å². The fourth-order valence-corrected chi connectivity index (χ4v) is 0.750. The molecule has 0 rings (SSSR count). The third-order valence-corrected chi connectivity index (χ3v) is 2.24. The van der Waals surface area contributed by atoms with Crippen LogP contribution in [0, 0.1) is 0 Å². The van der Waals surface area contributed by atoms with Gasteiger partial charge in [-0.3, -0.25) is 0 Å². The zero-order valence-corrected chi connectivity index (χ0v) is 8.52. The average Bonchev–Trinajstić information content (AvgIpc) is 1.99. The lowest BCUT2D eigenvalue weighted by molar-refractivity contribution is 0.644. The largest absolute Gasteiger partial charge is 0.319 e. The van der Waals surface area contributed by atoms with Crippen LogP contribution in [-0.4, -0.2) is 5.54 Å². The topological polar surface area (TPSA) is 26.0 Å². The molecule has 0 aliphatic heterocycles. The molecule has 0 aliphatic rings. The summed E-state index contributed by atoms with van der Waals surface area (Å²) >= 11 is 0. The predicted octanol–water partition coefficient (Wildman–Crippen LogP) is 2.80. The molecule has 1 unspecified atom stereocenters. The fraction of sp³-hybridized carbons (Fsp3) is 0.455. The van der Waals surface area contributed by atoms with Crippen LogP contribution in [0.2, 0.25) is 0 Å². The molecule has 2 N–H and O–H groups in total. The van der Waals surface area contributed by atoms with Crippen molar-refractivity contribution in [3.05, 3.63) is 36.0 Å². The van der Waals surface area contributed by atoms with Crippen molar-refractivity contribution in [1.29, 1.82) is 0 Å². The van der Waals surface area contributed by atoms with E-state index in [9.17, 15) is 0 Å². The molecule has 0 heterocycles. The van der Waals surface area contributed by atoms with Gasteiger partial charge in [0.25, 0.3) is 0 Å². The maximum absolute atomic E-state index is 6.04. The molecule has 0 aliphatic carbocycles. The first-order chi connectivity index (χ1) is 5.42. The smallest absolute Gasteiger partial charge is 0.0550 e. The first-order valence-corrected chi connectivity index (χ1v) is 4.17. The number of rotatable bonds is 3. The van der Waals surface area contributed by atoms with Crippen molar-refractivity contribution in [3.63, 3.8) is 0 Å². The summed E-state index contributed by atoms with van der Waals surface area (Å²) in [5, 5.41) is 0. The Morgan fingerprint density at radius 1 is 1.42 bits per heavy atom. The van der Waals surface area contributed by atoms with E-state index in [1.165, 1.54) is 0 Å². The van der Waals surface area contributed by atoms with Crippen LogP contribution in [0.25, 0.3) is 0 Å². The van der Waals surface area contributed by atoms with Gasteiger partial charge >= 0.3 is 0 Å². The minimum absolute atomic E-state index is 0.375. The zero-order chi connectivity index (χ0) is 9.78. The molecule has 12 heavy (non-hydrogen) atoms. The quantitative estimate of drug-likeness (QED) is 0.505. The van der Waals surface area contributed by atoms with Crippen molar-refractivity contribution >= 4 is 0 Å². The van der Waals surface area contributed by atoms with Crippen LogP contribution in [0.4, 0.5) is 0 Å². The molecule has 0 amide bonds. The van der Waals surface area contributed by atoms with Gasteiger partial charge in [0, 0.05) is 0 Å². The molecule has 1 nitrogen and oxygen atoms in total. The van der Waals surface area contributed by atoms with Gasteiger partial charge in [-0.15, -0.1) is 0 Å². The predicted molar refractivity (Wildman–Crippen MR) is 56.0 cm³/mol. The molecule has 1 heteroatoms. The standard InChI is InChI=1S/C11H19N/c1-6-7-8-10(4)11(5,12)9(2)3/h6-8H,2,12H2,1,3-5H3/b7-6+,10-8+. The molecule has 1 atom stereocenters. The van der Waals surface area contributed by atoms with Gasteiger partial charge in [-0.2, -0.15) is 0 Å². The summed E-state index contributed by atoms with van der Waals surface area (Å²) < 4.78 is 0. The van der Waals surface area contributed by atoms with E-state index >= 15 is 0 Å². The van der Waals surface area contributed by atoms with Crippen molar-refractivity contribution in [3.8, 4) is 0 Å². The second-order valence-corrected chi connectivity index (χ2v) is 3.36. The van der Waals surface area contributed by atoms with Crippen molar-refractivity contribution in [1.82, 2.24) is 0 Å². The monoisotopic (exact) mass is 165 g/mol. The van der Waals surface area contributed by atoms with E-state index in [4.69, 9.17) is 5.73 Å². The highest BCUT2D eigenvalue weighted by atomic mass is 14.7. The Labute approximate surface area is 75.7 Å². The van der Waals surface area contributed by atoms with Gasteiger partial charge in [0.15, 0.2) is 0 Å². The number of hydrogen-bond acceptors (Lipinski definition) is 1. The van der Waals surface area contributed by atoms with Crippen LogP contribution < -0.4 is 5.73 Å². The fourth-order valence-electron chi connectivity index (χ4n) is 0.750. The van der Waals surface area contributed by atoms with Crippen molar-refractivity contribution in [2.75, 3.05) is 0 Å². The van der Waals surface area contributed by atoms with E-state index in [-0.39, 0.29) is 5.54 Å². The Morgan fingerprint density at radius 3 is 2.25 bits per heavy atom. The minimum Gasteiger partial charge on any atom is -0.319 e. The first kappa shape index (κ1) is 11.2. The number of hydrogen-bond donors (Lipinski definition) is 1. The maximum Gasteiger partial charge on any atom is 0.0550 e. The minimum atomic E-state index is -0.375. The van der Waals surface area contributed by atoms with E-state index in [2.05, 4.69) is 6.58 Å². The van der Waals surface area contributed by atoms with Gasteiger partial charge in [-0.05, 0) is 33.3 Å². The average molecular weight is 165 g/mol. The van der Waals surface area contributed by atoms with Crippen molar-refractivity contribution in [2.45, 2.75) is 33.2 Å². The van der Waals surface area contributed by atoms with E-state index in [1.54, 1.807) is 0 Å². The van der Waals surface area contributed by atoms with Crippen LogP contribution in [0.5, 0.6) is 0 Å². The van der Waals surface area contributed by atoms with Crippen LogP contribution in [0.15, 0.2) is 36.0 Å². The van der Waals surface area contributed by atoms with Crippen molar-refractivity contribution < 1.29 is 0 Å². The summed E-state index contributed by atoms with van der Waals surface area (Å²) in [6, 6.07) is 0. The molecule has 0 saturated heterocycles. The second-order valence-electron chi connectivity index (χ2n) is 3.36. The lowest BCUT2D eigenvalue weighted by Gasteiger charge is -2.26. The summed E-state index contributed by atoms with van der Waals surface area (Å²) in [4.78, 5) is 0. The molecule has 0 aromatic carbocycles. The highest BCUT2D eigenvalue weighted by molar-refractivity contribution is 5.31. The van der Waals surface area contributed by atoms with E-state index in [0.29, 0.717) is 0 Å². The summed E-state index contributed by atoms with van der Waals surface area (Å²) in [5.74, 6) is 0. The lowest BCUT2D eigenvalue weighted by Crippen LogP contribution is -2.38. The van der Waals surface area contributed by atoms with Gasteiger partial charge in [-0.1, -0.05) is 30.4 Å². The van der Waals surface area contributed by atoms with Gasteiger partial charge < -0.3 is 5.73 Å². The Morgan fingerprint density at radius 2 is 1.92 bits per heavy atom. The molecule has 0 fully saturated rings. The second kappa shape index (κ2) is 4.27. The zero-order valence-electron chi connectivity index (χ0n) is 8.52. The third kappa shape index (κ3) is 2.67. The number of allylic oxidation sites excluding steroid dienone is 3.